The normalized spacial score (nSPS) is 11.2. The molecule has 26 heavy (non-hydrogen) atoms. The number of aryl methyl sites for hydroxylation is 1. The summed E-state index contributed by atoms with van der Waals surface area (Å²) in [5.41, 5.74) is 1.19. The lowest BCUT2D eigenvalue weighted by atomic mass is 10.1. The van der Waals surface area contributed by atoms with E-state index in [0.717, 1.165) is 23.1 Å². The van der Waals surface area contributed by atoms with Crippen molar-refractivity contribution in [1.29, 1.82) is 0 Å². The molecule has 0 saturated carbocycles. The summed E-state index contributed by atoms with van der Waals surface area (Å²) in [6.45, 7) is 5.05. The lowest BCUT2D eigenvalue weighted by Gasteiger charge is -2.05. The predicted molar refractivity (Wildman–Crippen MR) is 116 cm³/mol. The summed E-state index contributed by atoms with van der Waals surface area (Å²) in [5.74, 6) is -0.0372. The van der Waals surface area contributed by atoms with Crippen LogP contribution in [-0.2, 0) is 0 Å². The fourth-order valence-corrected chi connectivity index (χ4v) is 4.74. The number of fused-ring (bicyclic) bond motifs is 1. The second-order valence-electron chi connectivity index (χ2n) is 7.18. The SMILES string of the molecule is CCCCCCCCCCCCNC(=O)c1sc2cc(C)ccc2c1Cl. The minimum Gasteiger partial charge on any atom is -0.351 e. The molecule has 4 heteroatoms. The number of amides is 1. The number of nitrogens with one attached hydrogen (secondary N) is 1. The van der Waals surface area contributed by atoms with Gasteiger partial charge < -0.3 is 5.32 Å². The van der Waals surface area contributed by atoms with E-state index in [-0.39, 0.29) is 5.91 Å². The molecular weight excluding hydrogens is 362 g/mol. The maximum absolute atomic E-state index is 12.4. The number of hydrogen-bond acceptors (Lipinski definition) is 2. The van der Waals surface area contributed by atoms with E-state index < -0.39 is 0 Å². The van der Waals surface area contributed by atoms with E-state index in [1.165, 1.54) is 74.7 Å². The van der Waals surface area contributed by atoms with Gasteiger partial charge in [0.25, 0.3) is 5.91 Å². The summed E-state index contributed by atoms with van der Waals surface area (Å²) in [7, 11) is 0. The number of halogens is 1. The number of unbranched alkanes of at least 4 members (excludes halogenated alkanes) is 9. The fourth-order valence-electron chi connectivity index (χ4n) is 3.21. The van der Waals surface area contributed by atoms with E-state index >= 15 is 0 Å². The first kappa shape index (κ1) is 21.2. The van der Waals surface area contributed by atoms with E-state index in [9.17, 15) is 4.79 Å². The zero-order valence-corrected chi connectivity index (χ0v) is 17.8. The zero-order chi connectivity index (χ0) is 18.8. The van der Waals surface area contributed by atoms with Gasteiger partial charge in [0.15, 0.2) is 0 Å². The van der Waals surface area contributed by atoms with Crippen molar-refractivity contribution >= 4 is 38.9 Å². The summed E-state index contributed by atoms with van der Waals surface area (Å²) in [6, 6.07) is 6.12. The van der Waals surface area contributed by atoms with Crippen LogP contribution >= 0.6 is 22.9 Å². The molecule has 0 aliphatic heterocycles. The Balaban J connectivity index is 1.61. The number of carbonyl (C=O) groups excluding carboxylic acids is 1. The third-order valence-corrected chi connectivity index (χ3v) is 6.46. The van der Waals surface area contributed by atoms with E-state index in [2.05, 4.69) is 25.2 Å². The van der Waals surface area contributed by atoms with Gasteiger partial charge >= 0.3 is 0 Å². The minimum absolute atomic E-state index is 0.0372. The van der Waals surface area contributed by atoms with Gasteiger partial charge in [-0.15, -0.1) is 11.3 Å². The Morgan fingerprint density at radius 1 is 1.00 bits per heavy atom. The molecule has 0 saturated heterocycles. The molecule has 0 bridgehead atoms. The lowest BCUT2D eigenvalue weighted by Crippen LogP contribution is -2.23. The Morgan fingerprint density at radius 2 is 1.62 bits per heavy atom. The highest BCUT2D eigenvalue weighted by Crippen LogP contribution is 2.35. The third-order valence-electron chi connectivity index (χ3n) is 4.81. The van der Waals surface area contributed by atoms with Gasteiger partial charge in [-0.25, -0.2) is 0 Å². The highest BCUT2D eigenvalue weighted by Gasteiger charge is 2.16. The van der Waals surface area contributed by atoms with Gasteiger partial charge in [-0.1, -0.05) is 88.4 Å². The molecular formula is C22H32ClNOS. The molecule has 1 aromatic heterocycles. The molecule has 2 nitrogen and oxygen atoms in total. The highest BCUT2D eigenvalue weighted by molar-refractivity contribution is 7.21. The average molecular weight is 394 g/mol. The summed E-state index contributed by atoms with van der Waals surface area (Å²) < 4.78 is 1.08. The van der Waals surface area contributed by atoms with Crippen LogP contribution in [0.5, 0.6) is 0 Å². The van der Waals surface area contributed by atoms with Crippen molar-refractivity contribution in [1.82, 2.24) is 5.32 Å². The van der Waals surface area contributed by atoms with Crippen LogP contribution in [0.25, 0.3) is 10.1 Å². The van der Waals surface area contributed by atoms with Gasteiger partial charge in [0.2, 0.25) is 0 Å². The van der Waals surface area contributed by atoms with Crippen molar-refractivity contribution in [2.45, 2.75) is 78.1 Å². The molecule has 0 spiro atoms. The first-order chi connectivity index (χ1) is 12.6. The molecule has 0 atom stereocenters. The third kappa shape index (κ3) is 6.59. The van der Waals surface area contributed by atoms with E-state index in [1.54, 1.807) is 0 Å². The number of rotatable bonds is 12. The largest absolute Gasteiger partial charge is 0.351 e. The van der Waals surface area contributed by atoms with Crippen molar-refractivity contribution in [2.75, 3.05) is 6.54 Å². The molecule has 1 heterocycles. The van der Waals surface area contributed by atoms with Crippen LogP contribution in [0.15, 0.2) is 18.2 Å². The smallest absolute Gasteiger partial charge is 0.262 e. The maximum atomic E-state index is 12.4. The number of benzene rings is 1. The molecule has 2 aromatic rings. The van der Waals surface area contributed by atoms with Gasteiger partial charge in [-0.05, 0) is 25.0 Å². The Morgan fingerprint density at radius 3 is 2.27 bits per heavy atom. The maximum Gasteiger partial charge on any atom is 0.262 e. The topological polar surface area (TPSA) is 29.1 Å². The molecule has 2 rings (SSSR count). The first-order valence-electron chi connectivity index (χ1n) is 10.1. The first-order valence-corrected chi connectivity index (χ1v) is 11.3. The monoisotopic (exact) mass is 393 g/mol. The summed E-state index contributed by atoms with van der Waals surface area (Å²) in [6.07, 6.45) is 13.0. The van der Waals surface area contributed by atoms with Crippen LogP contribution < -0.4 is 5.32 Å². The van der Waals surface area contributed by atoms with Crippen LogP contribution in [0.2, 0.25) is 5.02 Å². The fraction of sp³-hybridized carbons (Fsp3) is 0.591. The molecule has 1 N–H and O–H groups in total. The molecule has 1 aromatic carbocycles. The lowest BCUT2D eigenvalue weighted by molar-refractivity contribution is 0.0957. The van der Waals surface area contributed by atoms with E-state index in [0.29, 0.717) is 9.90 Å². The molecule has 1 amide bonds. The average Bonchev–Trinajstić information content (AvgIpc) is 2.95. The molecule has 0 radical (unpaired) electrons. The Hall–Kier alpha value is -1.06. The minimum atomic E-state index is -0.0372. The van der Waals surface area contributed by atoms with Crippen LogP contribution in [-0.4, -0.2) is 12.5 Å². The number of thiophene rings is 1. The Bertz CT molecular complexity index is 695. The summed E-state index contributed by atoms with van der Waals surface area (Å²) in [4.78, 5) is 13.0. The van der Waals surface area contributed by atoms with Crippen molar-refractivity contribution < 1.29 is 4.79 Å². The second-order valence-corrected chi connectivity index (χ2v) is 8.61. The Labute approximate surface area is 167 Å². The Kier molecular flexibility index (Phi) is 9.49. The number of carbonyl (C=O) groups is 1. The van der Waals surface area contributed by atoms with Crippen molar-refractivity contribution in [3.8, 4) is 0 Å². The van der Waals surface area contributed by atoms with Crippen LogP contribution in [0.1, 0.15) is 86.4 Å². The van der Waals surface area contributed by atoms with E-state index in [1.807, 2.05) is 12.1 Å². The van der Waals surface area contributed by atoms with Crippen LogP contribution in [0, 0.1) is 6.92 Å². The molecule has 0 unspecified atom stereocenters. The van der Waals surface area contributed by atoms with Gasteiger partial charge in [0.1, 0.15) is 4.88 Å². The van der Waals surface area contributed by atoms with Crippen LogP contribution in [0.3, 0.4) is 0 Å². The van der Waals surface area contributed by atoms with Crippen molar-refractivity contribution in [3.63, 3.8) is 0 Å². The highest BCUT2D eigenvalue weighted by atomic mass is 35.5. The second kappa shape index (κ2) is 11.6. The van der Waals surface area contributed by atoms with Gasteiger partial charge in [-0.3, -0.25) is 4.79 Å². The predicted octanol–water partition coefficient (Wildman–Crippen LogP) is 7.51. The molecule has 0 fully saturated rings. The molecule has 0 aliphatic rings. The summed E-state index contributed by atoms with van der Waals surface area (Å²) in [5, 5.41) is 4.59. The van der Waals surface area contributed by atoms with Gasteiger partial charge in [-0.2, -0.15) is 0 Å². The van der Waals surface area contributed by atoms with E-state index in [4.69, 9.17) is 11.6 Å². The number of hydrogen-bond donors (Lipinski definition) is 1. The zero-order valence-electron chi connectivity index (χ0n) is 16.2. The standard InChI is InChI=1S/C22H32ClNOS/c1-3-4-5-6-7-8-9-10-11-12-15-24-22(25)21-20(23)18-14-13-17(2)16-19(18)26-21/h13-14,16H,3-12,15H2,1-2H3,(H,24,25). The van der Waals surface area contributed by atoms with Crippen molar-refractivity contribution in [3.05, 3.63) is 33.7 Å². The van der Waals surface area contributed by atoms with Crippen molar-refractivity contribution in [2.24, 2.45) is 0 Å². The quantitative estimate of drug-likeness (QED) is 0.371. The van der Waals surface area contributed by atoms with Gasteiger partial charge in [0.05, 0.1) is 5.02 Å². The summed E-state index contributed by atoms with van der Waals surface area (Å²) >= 11 is 7.88. The molecule has 144 valence electrons. The van der Waals surface area contributed by atoms with Crippen LogP contribution in [0.4, 0.5) is 0 Å². The van der Waals surface area contributed by atoms with Gasteiger partial charge in [0, 0.05) is 16.6 Å². The molecule has 0 aliphatic carbocycles.